The number of anilines is 1. The molecule has 0 saturated carbocycles. The van der Waals surface area contributed by atoms with Crippen molar-refractivity contribution in [2.24, 2.45) is 0 Å². The minimum Gasteiger partial charge on any atom is -0.358 e. The van der Waals surface area contributed by atoms with Crippen molar-refractivity contribution in [2.45, 2.75) is 51.1 Å². The van der Waals surface area contributed by atoms with Crippen LogP contribution in [0.4, 0.5) is 5.13 Å². The molecule has 90 valence electrons. The number of hydrogen-bond acceptors (Lipinski definition) is 5. The van der Waals surface area contributed by atoms with Crippen molar-refractivity contribution in [3.8, 4) is 0 Å². The lowest BCUT2D eigenvalue weighted by Gasteiger charge is -2.20. The van der Waals surface area contributed by atoms with Crippen LogP contribution in [0.5, 0.6) is 0 Å². The van der Waals surface area contributed by atoms with Gasteiger partial charge in [-0.05, 0) is 32.7 Å². The first-order valence-corrected chi connectivity index (χ1v) is 6.98. The molecule has 1 aliphatic rings. The Morgan fingerprint density at radius 1 is 1.56 bits per heavy atom. The topological polar surface area (TPSA) is 49.8 Å². The molecule has 2 unspecified atom stereocenters. The van der Waals surface area contributed by atoms with Crippen LogP contribution in [-0.4, -0.2) is 28.8 Å². The average Bonchev–Trinajstić information content (AvgIpc) is 2.62. The molecule has 2 atom stereocenters. The van der Waals surface area contributed by atoms with Crippen molar-refractivity contribution in [3.05, 3.63) is 5.51 Å². The van der Waals surface area contributed by atoms with Gasteiger partial charge in [0.15, 0.2) is 0 Å². The van der Waals surface area contributed by atoms with E-state index >= 15 is 0 Å². The van der Waals surface area contributed by atoms with Gasteiger partial charge in [0, 0.05) is 12.1 Å². The van der Waals surface area contributed by atoms with Gasteiger partial charge < -0.3 is 10.6 Å². The van der Waals surface area contributed by atoms with Gasteiger partial charge in [0.05, 0.1) is 0 Å². The summed E-state index contributed by atoms with van der Waals surface area (Å²) in [6.45, 7) is 3.39. The molecule has 0 bridgehead atoms. The second-order valence-electron chi connectivity index (χ2n) is 4.53. The van der Waals surface area contributed by atoms with Gasteiger partial charge in [-0.3, -0.25) is 0 Å². The molecule has 0 radical (unpaired) electrons. The fraction of sp³-hybridized carbons (Fsp3) is 0.818. The van der Waals surface area contributed by atoms with E-state index in [9.17, 15) is 0 Å². The first kappa shape index (κ1) is 11.8. The molecule has 1 aromatic rings. The summed E-state index contributed by atoms with van der Waals surface area (Å²) in [6.07, 6.45) is 6.54. The monoisotopic (exact) mass is 240 g/mol. The van der Waals surface area contributed by atoms with Crippen molar-refractivity contribution in [3.63, 3.8) is 0 Å². The van der Waals surface area contributed by atoms with Gasteiger partial charge in [-0.2, -0.15) is 0 Å². The molecule has 16 heavy (non-hydrogen) atoms. The zero-order chi connectivity index (χ0) is 11.2. The van der Waals surface area contributed by atoms with Crippen LogP contribution in [0.15, 0.2) is 5.51 Å². The lowest BCUT2D eigenvalue weighted by molar-refractivity contribution is 0.456. The minimum atomic E-state index is 0.462. The van der Waals surface area contributed by atoms with Crippen LogP contribution < -0.4 is 10.6 Å². The molecule has 0 spiro atoms. The van der Waals surface area contributed by atoms with Gasteiger partial charge in [-0.25, -0.2) is 0 Å². The molecular formula is C11H20N4S. The van der Waals surface area contributed by atoms with E-state index in [2.05, 4.69) is 27.8 Å². The van der Waals surface area contributed by atoms with Crippen LogP contribution in [0.3, 0.4) is 0 Å². The second kappa shape index (κ2) is 6.15. The van der Waals surface area contributed by atoms with Gasteiger partial charge >= 0.3 is 0 Å². The van der Waals surface area contributed by atoms with E-state index in [0.29, 0.717) is 12.1 Å². The van der Waals surface area contributed by atoms with Crippen LogP contribution in [0.25, 0.3) is 0 Å². The lowest BCUT2D eigenvalue weighted by Crippen LogP contribution is -2.33. The predicted octanol–water partition coefficient (Wildman–Crippen LogP) is 2.26. The van der Waals surface area contributed by atoms with Crippen LogP contribution in [0, 0.1) is 0 Å². The molecule has 0 aliphatic carbocycles. The summed E-state index contributed by atoms with van der Waals surface area (Å²) < 4.78 is 0. The Balaban J connectivity index is 1.75. The fourth-order valence-corrected chi connectivity index (χ4v) is 2.79. The highest BCUT2D eigenvalue weighted by atomic mass is 32.1. The molecule has 2 rings (SSSR count). The van der Waals surface area contributed by atoms with Crippen molar-refractivity contribution in [2.75, 3.05) is 11.9 Å². The standard InChI is InChI=1S/C11H20N4S/c1-9(14-11-15-13-8-16-11)7-10-5-3-2-4-6-12-10/h8-10,12H,2-7H2,1H3,(H,14,15). The first-order chi connectivity index (χ1) is 7.84. The molecule has 1 fully saturated rings. The Kier molecular flexibility index (Phi) is 4.54. The highest BCUT2D eigenvalue weighted by molar-refractivity contribution is 7.13. The Bertz CT molecular complexity index is 280. The third kappa shape index (κ3) is 3.72. The van der Waals surface area contributed by atoms with Gasteiger partial charge in [-0.1, -0.05) is 24.2 Å². The average molecular weight is 240 g/mol. The maximum atomic E-state index is 4.00. The highest BCUT2D eigenvalue weighted by Gasteiger charge is 2.15. The highest BCUT2D eigenvalue weighted by Crippen LogP contribution is 2.16. The lowest BCUT2D eigenvalue weighted by atomic mass is 10.0. The van der Waals surface area contributed by atoms with Gasteiger partial charge in [0.25, 0.3) is 0 Å². The number of aromatic nitrogens is 2. The second-order valence-corrected chi connectivity index (χ2v) is 5.36. The van der Waals surface area contributed by atoms with E-state index in [1.807, 2.05) is 0 Å². The molecule has 1 aromatic heterocycles. The van der Waals surface area contributed by atoms with E-state index < -0.39 is 0 Å². The Morgan fingerprint density at radius 2 is 2.50 bits per heavy atom. The summed E-state index contributed by atoms with van der Waals surface area (Å²) in [5, 5.41) is 15.8. The molecule has 2 N–H and O–H groups in total. The Labute approximate surface area is 101 Å². The molecule has 1 aliphatic heterocycles. The summed E-state index contributed by atoms with van der Waals surface area (Å²) >= 11 is 1.56. The summed E-state index contributed by atoms with van der Waals surface area (Å²) in [6, 6.07) is 1.13. The first-order valence-electron chi connectivity index (χ1n) is 6.10. The van der Waals surface area contributed by atoms with Crippen LogP contribution in [-0.2, 0) is 0 Å². The Morgan fingerprint density at radius 3 is 3.31 bits per heavy atom. The van der Waals surface area contributed by atoms with Crippen molar-refractivity contribution >= 4 is 16.5 Å². The largest absolute Gasteiger partial charge is 0.358 e. The summed E-state index contributed by atoms with van der Waals surface area (Å²) in [7, 11) is 0. The SMILES string of the molecule is CC(CC1CCCCCN1)Nc1nncs1. The molecule has 1 saturated heterocycles. The third-order valence-electron chi connectivity index (χ3n) is 3.03. The molecule has 4 nitrogen and oxygen atoms in total. The van der Waals surface area contributed by atoms with Crippen LogP contribution in [0.1, 0.15) is 39.0 Å². The third-order valence-corrected chi connectivity index (χ3v) is 3.65. The summed E-state index contributed by atoms with van der Waals surface area (Å²) in [5.41, 5.74) is 1.76. The van der Waals surface area contributed by atoms with Crippen molar-refractivity contribution < 1.29 is 0 Å². The minimum absolute atomic E-state index is 0.462. The van der Waals surface area contributed by atoms with E-state index in [1.54, 1.807) is 16.8 Å². The van der Waals surface area contributed by atoms with E-state index in [1.165, 1.54) is 38.6 Å². The number of rotatable bonds is 4. The van der Waals surface area contributed by atoms with E-state index in [0.717, 1.165) is 5.13 Å². The molecule has 0 aromatic carbocycles. The van der Waals surface area contributed by atoms with Gasteiger partial charge in [-0.15, -0.1) is 10.2 Å². The predicted molar refractivity (Wildman–Crippen MR) is 67.9 cm³/mol. The van der Waals surface area contributed by atoms with Crippen LogP contribution >= 0.6 is 11.3 Å². The molecule has 5 heteroatoms. The number of hydrogen-bond donors (Lipinski definition) is 2. The molecular weight excluding hydrogens is 220 g/mol. The summed E-state index contributed by atoms with van der Waals surface area (Å²) in [4.78, 5) is 0. The zero-order valence-electron chi connectivity index (χ0n) is 9.78. The smallest absolute Gasteiger partial charge is 0.205 e. The molecule has 2 heterocycles. The number of nitrogens with one attached hydrogen (secondary N) is 2. The van der Waals surface area contributed by atoms with Crippen molar-refractivity contribution in [1.82, 2.24) is 15.5 Å². The van der Waals surface area contributed by atoms with E-state index in [4.69, 9.17) is 0 Å². The van der Waals surface area contributed by atoms with Crippen LogP contribution in [0.2, 0.25) is 0 Å². The summed E-state index contributed by atoms with van der Waals surface area (Å²) in [5.74, 6) is 0. The van der Waals surface area contributed by atoms with Gasteiger partial charge in [0.1, 0.15) is 5.51 Å². The normalized spacial score (nSPS) is 23.7. The number of nitrogens with zero attached hydrogens (tertiary/aromatic N) is 2. The maximum Gasteiger partial charge on any atom is 0.205 e. The zero-order valence-corrected chi connectivity index (χ0v) is 10.6. The van der Waals surface area contributed by atoms with Gasteiger partial charge in [0.2, 0.25) is 5.13 Å². The fourth-order valence-electron chi connectivity index (χ4n) is 2.23. The Hall–Kier alpha value is -0.680. The van der Waals surface area contributed by atoms with Crippen molar-refractivity contribution in [1.29, 1.82) is 0 Å². The maximum absolute atomic E-state index is 4.00. The quantitative estimate of drug-likeness (QED) is 0.847. The molecule has 0 amide bonds. The van der Waals surface area contributed by atoms with E-state index in [-0.39, 0.29) is 0 Å².